The van der Waals surface area contributed by atoms with E-state index in [1.807, 2.05) is 19.1 Å². The number of carbonyl (C=O) groups excluding carboxylic acids is 3. The quantitative estimate of drug-likeness (QED) is 0.0606. The number of carbonyl (C=O) groups is 3. The molecule has 3 amide bonds. The summed E-state index contributed by atoms with van der Waals surface area (Å²) in [4.78, 5) is 103. The molecule has 0 radical (unpaired) electrons. The molecule has 0 saturated heterocycles. The predicted molar refractivity (Wildman–Crippen MR) is 320 cm³/mol. The number of pyridine rings is 9. The molecule has 3 N–H and O–H groups in total. The van der Waals surface area contributed by atoms with Gasteiger partial charge in [0.15, 0.2) is 0 Å². The van der Waals surface area contributed by atoms with Crippen molar-refractivity contribution in [3.8, 4) is 33.4 Å². The molecule has 5 aliphatic carbocycles. The lowest BCUT2D eigenvalue weighted by atomic mass is 9.99. The maximum Gasteiger partial charge on any atom is 0.259 e. The molecular formula is C63H64F4N12O6. The molecule has 9 aromatic heterocycles. The van der Waals surface area contributed by atoms with Crippen LogP contribution in [0.2, 0.25) is 0 Å². The van der Waals surface area contributed by atoms with E-state index in [0.29, 0.717) is 87.6 Å². The second-order valence-corrected chi connectivity index (χ2v) is 22.6. The molecule has 5 fully saturated rings. The van der Waals surface area contributed by atoms with E-state index < -0.39 is 47.6 Å². The van der Waals surface area contributed by atoms with Crippen LogP contribution in [0.1, 0.15) is 72.3 Å². The minimum atomic E-state index is -1.14. The number of nitrogens with one attached hydrogen (secondary N) is 3. The summed E-state index contributed by atoms with van der Waals surface area (Å²) in [5, 5.41) is 9.98. The van der Waals surface area contributed by atoms with Crippen molar-refractivity contribution >= 4 is 68.4 Å². The molecule has 4 atom stereocenters. The van der Waals surface area contributed by atoms with Crippen LogP contribution >= 0.6 is 0 Å². The van der Waals surface area contributed by atoms with Gasteiger partial charge in [0, 0.05) is 141 Å². The summed E-state index contributed by atoms with van der Waals surface area (Å²) in [5.74, 6) is -0.918. The SMILES string of the molecule is Cc1c(F)cncc1-c1cc2cnc(NC=O)cc2n(CCc2ccncc2-c2cc3cnc(NC(=O)[C@H]4C[C@H]4F)cc3n(CC3CC3)c2=O)c1=O.Cc1ccncc1-c1cc2cnc(NC(=O)[C@H]3C[C@@H]3F)cc2n(CC2CC2)c1=O.FC1CC1.[HH].[HH].[HH]. The summed E-state index contributed by atoms with van der Waals surface area (Å²) in [5.41, 5.74) is 6.13. The summed E-state index contributed by atoms with van der Waals surface area (Å²) in [7, 11) is 0. The Morgan fingerprint density at radius 1 is 0.576 bits per heavy atom. The summed E-state index contributed by atoms with van der Waals surface area (Å²) < 4.78 is 57.4. The lowest BCUT2D eigenvalue weighted by Gasteiger charge is -2.17. The number of amides is 3. The molecule has 440 valence electrons. The van der Waals surface area contributed by atoms with Crippen molar-refractivity contribution in [1.29, 1.82) is 0 Å². The molecule has 0 bridgehead atoms. The Labute approximate surface area is 487 Å². The van der Waals surface area contributed by atoms with Crippen LogP contribution in [0, 0.1) is 43.3 Å². The Hall–Kier alpha value is -9.34. The minimum absolute atomic E-state index is 0. The number of hydrogen-bond donors (Lipinski definition) is 3. The van der Waals surface area contributed by atoms with Crippen LogP contribution in [0.25, 0.3) is 66.1 Å². The molecule has 0 aliphatic heterocycles. The molecule has 22 heteroatoms. The number of aromatic nitrogens is 9. The molecule has 9 aromatic rings. The molecule has 9 heterocycles. The first-order valence-electron chi connectivity index (χ1n) is 28.4. The highest BCUT2D eigenvalue weighted by molar-refractivity contribution is 5.97. The van der Waals surface area contributed by atoms with E-state index in [4.69, 9.17) is 0 Å². The van der Waals surface area contributed by atoms with Gasteiger partial charge in [-0.1, -0.05) is 0 Å². The third-order valence-electron chi connectivity index (χ3n) is 16.1. The van der Waals surface area contributed by atoms with E-state index in [1.165, 1.54) is 12.4 Å². The van der Waals surface area contributed by atoms with Crippen LogP contribution < -0.4 is 32.6 Å². The molecular weight excluding hydrogens is 1100 g/mol. The Morgan fingerprint density at radius 2 is 1.02 bits per heavy atom. The van der Waals surface area contributed by atoms with Crippen molar-refractivity contribution in [1.82, 2.24) is 43.6 Å². The van der Waals surface area contributed by atoms with Crippen LogP contribution in [0.15, 0.2) is 119 Å². The van der Waals surface area contributed by atoms with Crippen molar-refractivity contribution < 1.29 is 36.2 Å². The summed E-state index contributed by atoms with van der Waals surface area (Å²) in [6.45, 7) is 4.81. The zero-order valence-electron chi connectivity index (χ0n) is 46.4. The monoisotopic (exact) mass is 1160 g/mol. The Kier molecular flexibility index (Phi) is 15.4. The number of hydrogen-bond acceptors (Lipinski definition) is 12. The van der Waals surface area contributed by atoms with Crippen LogP contribution in [-0.4, -0.2) is 80.3 Å². The van der Waals surface area contributed by atoms with Gasteiger partial charge in [0.2, 0.25) is 18.2 Å². The molecule has 85 heavy (non-hydrogen) atoms. The first kappa shape index (κ1) is 56.2. The molecule has 0 aromatic carbocycles. The van der Waals surface area contributed by atoms with Gasteiger partial charge >= 0.3 is 0 Å². The van der Waals surface area contributed by atoms with E-state index >= 15 is 0 Å². The molecule has 14 rings (SSSR count). The predicted octanol–water partition coefficient (Wildman–Crippen LogP) is 10.5. The van der Waals surface area contributed by atoms with Crippen LogP contribution in [-0.2, 0) is 40.4 Å². The Bertz CT molecular complexity index is 4350. The highest BCUT2D eigenvalue weighted by atomic mass is 19.1. The number of aryl methyl sites for hydroxylation is 3. The van der Waals surface area contributed by atoms with Gasteiger partial charge in [-0.15, -0.1) is 0 Å². The fourth-order valence-corrected chi connectivity index (χ4v) is 10.4. The third kappa shape index (κ3) is 12.3. The van der Waals surface area contributed by atoms with Crippen molar-refractivity contribution in [3.63, 3.8) is 0 Å². The number of anilines is 3. The fourth-order valence-electron chi connectivity index (χ4n) is 10.4. The number of nitrogens with zero attached hydrogens (tertiary/aromatic N) is 9. The maximum absolute atomic E-state index is 14.6. The number of halogens is 4. The van der Waals surface area contributed by atoms with Crippen LogP contribution in [0.3, 0.4) is 0 Å². The second kappa shape index (κ2) is 23.4. The zero-order valence-corrected chi connectivity index (χ0v) is 46.4. The largest absolute Gasteiger partial charge is 0.313 e. The van der Waals surface area contributed by atoms with Crippen LogP contribution in [0.4, 0.5) is 35.0 Å². The first-order valence-corrected chi connectivity index (χ1v) is 28.4. The molecule has 5 saturated carbocycles. The average Bonchev–Trinajstić information content (AvgIpc) is 1.81. The van der Waals surface area contributed by atoms with Gasteiger partial charge in [0.05, 0.1) is 34.6 Å². The maximum atomic E-state index is 14.6. The van der Waals surface area contributed by atoms with E-state index in [1.54, 1.807) is 94.2 Å². The van der Waals surface area contributed by atoms with Gasteiger partial charge in [-0.05, 0) is 130 Å². The van der Waals surface area contributed by atoms with Gasteiger partial charge in [-0.25, -0.2) is 32.5 Å². The first-order chi connectivity index (χ1) is 41.1. The normalized spacial score (nSPS) is 18.4. The minimum Gasteiger partial charge on any atom is -0.313 e. The van der Waals surface area contributed by atoms with Gasteiger partial charge in [0.1, 0.15) is 41.8 Å². The lowest BCUT2D eigenvalue weighted by molar-refractivity contribution is -0.118. The Morgan fingerprint density at radius 3 is 1.52 bits per heavy atom. The van der Waals surface area contributed by atoms with Gasteiger partial charge in [0.25, 0.3) is 16.7 Å². The van der Waals surface area contributed by atoms with E-state index in [2.05, 4.69) is 45.9 Å². The van der Waals surface area contributed by atoms with Gasteiger partial charge in [-0.3, -0.25) is 43.7 Å². The summed E-state index contributed by atoms with van der Waals surface area (Å²) >= 11 is 0. The molecule has 5 aliphatic rings. The van der Waals surface area contributed by atoms with Gasteiger partial charge < -0.3 is 29.7 Å². The summed E-state index contributed by atoms with van der Waals surface area (Å²) in [6.07, 6.45) is 18.5. The second-order valence-electron chi connectivity index (χ2n) is 22.6. The number of fused-ring (bicyclic) bond motifs is 3. The lowest BCUT2D eigenvalue weighted by Crippen LogP contribution is -2.25. The summed E-state index contributed by atoms with van der Waals surface area (Å²) in [6, 6.07) is 13.9. The molecule has 18 nitrogen and oxygen atoms in total. The zero-order chi connectivity index (χ0) is 59.2. The van der Waals surface area contributed by atoms with Crippen molar-refractivity contribution in [3.05, 3.63) is 158 Å². The van der Waals surface area contributed by atoms with Crippen LogP contribution in [0.5, 0.6) is 0 Å². The molecule has 0 unspecified atom stereocenters. The van der Waals surface area contributed by atoms with E-state index in [9.17, 15) is 46.3 Å². The van der Waals surface area contributed by atoms with E-state index in [-0.39, 0.29) is 63.5 Å². The van der Waals surface area contributed by atoms with Crippen molar-refractivity contribution in [2.45, 2.75) is 110 Å². The number of alkyl halides is 3. The topological polar surface area (TPSA) is 231 Å². The molecule has 0 spiro atoms. The van der Waals surface area contributed by atoms with Gasteiger partial charge in [-0.2, -0.15) is 0 Å². The fraction of sp³-hybridized carbons (Fsp3) is 0.333. The Balaban J connectivity index is 0.000000216. The van der Waals surface area contributed by atoms with Crippen molar-refractivity contribution in [2.75, 3.05) is 16.0 Å². The average molecular weight is 1160 g/mol. The van der Waals surface area contributed by atoms with E-state index in [0.717, 1.165) is 72.3 Å². The highest BCUT2D eigenvalue weighted by Crippen LogP contribution is 2.38. The van der Waals surface area contributed by atoms with Crippen molar-refractivity contribution in [2.24, 2.45) is 23.7 Å². The smallest absolute Gasteiger partial charge is 0.259 e. The third-order valence-corrected chi connectivity index (χ3v) is 16.1. The number of rotatable bonds is 16. The highest BCUT2D eigenvalue weighted by Gasteiger charge is 2.44. The standard InChI is InChI=1S/C38H32F2N8O4.C22H21FN4O2.C3H5F.3H2/c1-20-28(15-42-17-31(20)40)25-8-23-13-43-34(45-19-49)11-32(23)47(37(25)51)7-5-22-4-6-41-16-29(22)26-9-24-14-44-35(46-36(50)27-10-30(27)39)12-33(24)48(38(26)52)18-21-2-3-21;1-12-4-5-24-10-17(12)15-6-14-9-25-20(26-21(28)16-7-18(16)23)8-19(14)27(22(15)29)11-13-2-3-13;4-3-1-2-3;;;/h4,6,8-9,11-17,19,21,27,30H,2-3,5,7,10,18H2,1H3,(H,43,45,49)(H,44,46,50);4-6,8-10,13,16,18H,2-3,7,11H2,1H3,(H,25,26,28);3H,1-2H2;3*1H/t27-,30+;16-,18-;;;;/m00..../s1.